The molecule has 0 spiro atoms. The van der Waals surface area contributed by atoms with Crippen molar-refractivity contribution in [3.8, 4) is 27.9 Å². The standard InChI is InChI=1S/C40H25N3O/c44-40-39-41-33-18-8-9-19-34(33)43(39)36-21-11-10-20-35(36)42(40)28-24-22-27(23-25-28)38-31-16-6-4-14-29(31)37(26-12-2-1-3-13-26)30-15-5-7-17-32(30)38/h1-25H. The smallest absolute Gasteiger partial charge is 0.286 e. The molecule has 0 amide bonds. The van der Waals surface area contributed by atoms with E-state index in [1.165, 1.54) is 38.2 Å². The van der Waals surface area contributed by atoms with E-state index >= 15 is 0 Å². The van der Waals surface area contributed by atoms with Crippen molar-refractivity contribution >= 4 is 49.3 Å². The summed E-state index contributed by atoms with van der Waals surface area (Å²) >= 11 is 0. The van der Waals surface area contributed by atoms with Crippen LogP contribution in [0.4, 0.5) is 0 Å². The van der Waals surface area contributed by atoms with Crippen LogP contribution in [-0.4, -0.2) is 14.0 Å². The lowest BCUT2D eigenvalue weighted by atomic mass is 9.86. The summed E-state index contributed by atoms with van der Waals surface area (Å²) in [6.07, 6.45) is 0. The zero-order valence-corrected chi connectivity index (χ0v) is 23.7. The molecule has 2 heterocycles. The fourth-order valence-electron chi connectivity index (χ4n) is 6.85. The number of rotatable bonds is 3. The molecule has 0 aliphatic rings. The summed E-state index contributed by atoms with van der Waals surface area (Å²) in [6.45, 7) is 0. The SMILES string of the molecule is O=c1c2nc3ccccc3n2c2ccccc2n1-c1ccc(-c2c3ccccc3c(-c3ccccc3)c3ccccc23)cc1. The Morgan fingerprint density at radius 2 is 0.909 bits per heavy atom. The Morgan fingerprint density at radius 1 is 0.432 bits per heavy atom. The number of hydrogen-bond acceptors (Lipinski definition) is 2. The molecule has 9 aromatic rings. The Morgan fingerprint density at radius 3 is 1.52 bits per heavy atom. The molecule has 0 N–H and O–H groups in total. The van der Waals surface area contributed by atoms with Crippen LogP contribution in [0.5, 0.6) is 0 Å². The molecule has 4 heteroatoms. The summed E-state index contributed by atoms with van der Waals surface area (Å²) in [5.74, 6) is 0. The average molecular weight is 564 g/mol. The molecule has 0 aliphatic carbocycles. The number of aromatic nitrogens is 3. The van der Waals surface area contributed by atoms with Crippen molar-refractivity contribution < 1.29 is 0 Å². The number of fused-ring (bicyclic) bond motifs is 7. The topological polar surface area (TPSA) is 39.3 Å². The van der Waals surface area contributed by atoms with Crippen LogP contribution in [0.3, 0.4) is 0 Å². The molecule has 206 valence electrons. The van der Waals surface area contributed by atoms with Crippen molar-refractivity contribution in [3.63, 3.8) is 0 Å². The molecule has 7 aromatic carbocycles. The quantitative estimate of drug-likeness (QED) is 0.201. The van der Waals surface area contributed by atoms with Crippen LogP contribution in [-0.2, 0) is 0 Å². The highest BCUT2D eigenvalue weighted by molar-refractivity contribution is 6.21. The Kier molecular flexibility index (Phi) is 5.32. The first-order valence-corrected chi connectivity index (χ1v) is 14.8. The van der Waals surface area contributed by atoms with Gasteiger partial charge in [0.05, 0.1) is 22.1 Å². The van der Waals surface area contributed by atoms with E-state index in [9.17, 15) is 4.79 Å². The number of benzene rings is 7. The van der Waals surface area contributed by atoms with Gasteiger partial charge in [0.25, 0.3) is 5.56 Å². The number of nitrogens with zero attached hydrogens (tertiary/aromatic N) is 3. The van der Waals surface area contributed by atoms with Gasteiger partial charge in [-0.05, 0) is 80.2 Å². The average Bonchev–Trinajstić information content (AvgIpc) is 3.48. The fraction of sp³-hybridized carbons (Fsp3) is 0. The summed E-state index contributed by atoms with van der Waals surface area (Å²) in [7, 11) is 0. The van der Waals surface area contributed by atoms with Gasteiger partial charge >= 0.3 is 0 Å². The largest absolute Gasteiger partial charge is 0.299 e. The third-order valence-corrected chi connectivity index (χ3v) is 8.73. The minimum atomic E-state index is -0.143. The molecule has 0 aliphatic heterocycles. The van der Waals surface area contributed by atoms with Gasteiger partial charge < -0.3 is 0 Å². The molecule has 0 unspecified atom stereocenters. The second-order valence-corrected chi connectivity index (χ2v) is 11.1. The van der Waals surface area contributed by atoms with Crippen molar-refractivity contribution in [2.45, 2.75) is 0 Å². The lowest BCUT2D eigenvalue weighted by Crippen LogP contribution is -2.21. The van der Waals surface area contributed by atoms with Gasteiger partial charge in [-0.2, -0.15) is 0 Å². The Labute approximate surface area is 252 Å². The van der Waals surface area contributed by atoms with E-state index < -0.39 is 0 Å². The van der Waals surface area contributed by atoms with Gasteiger partial charge in [-0.1, -0.05) is 115 Å². The Hall–Kier alpha value is -6.00. The first-order chi connectivity index (χ1) is 21.8. The molecule has 0 saturated carbocycles. The zero-order chi connectivity index (χ0) is 29.2. The third kappa shape index (κ3) is 3.52. The summed E-state index contributed by atoms with van der Waals surface area (Å²) < 4.78 is 3.76. The van der Waals surface area contributed by atoms with Crippen LogP contribution < -0.4 is 5.56 Å². The molecular formula is C40H25N3O. The Balaban J connectivity index is 1.29. The summed E-state index contributed by atoms with van der Waals surface area (Å²) in [4.78, 5) is 18.8. The second kappa shape index (κ2) is 9.51. The highest BCUT2D eigenvalue weighted by Crippen LogP contribution is 2.43. The maximum Gasteiger partial charge on any atom is 0.299 e. The molecule has 4 nitrogen and oxygen atoms in total. The maximum atomic E-state index is 14.1. The van der Waals surface area contributed by atoms with Gasteiger partial charge in [0.1, 0.15) is 0 Å². The second-order valence-electron chi connectivity index (χ2n) is 11.1. The van der Waals surface area contributed by atoms with E-state index in [1.54, 1.807) is 4.57 Å². The molecule has 0 bridgehead atoms. The molecular weight excluding hydrogens is 538 g/mol. The van der Waals surface area contributed by atoms with Gasteiger partial charge in [-0.15, -0.1) is 0 Å². The molecule has 2 aromatic heterocycles. The van der Waals surface area contributed by atoms with Gasteiger partial charge in [-0.3, -0.25) is 13.8 Å². The minimum Gasteiger partial charge on any atom is -0.286 e. The van der Waals surface area contributed by atoms with Crippen molar-refractivity contribution in [2.75, 3.05) is 0 Å². The zero-order valence-electron chi connectivity index (χ0n) is 23.7. The lowest BCUT2D eigenvalue weighted by molar-refractivity contribution is 1.02. The summed E-state index contributed by atoms with van der Waals surface area (Å²) in [5.41, 5.74) is 9.33. The maximum absolute atomic E-state index is 14.1. The molecule has 0 saturated heterocycles. The number of hydrogen-bond donors (Lipinski definition) is 0. The van der Waals surface area contributed by atoms with E-state index in [-0.39, 0.29) is 5.56 Å². The highest BCUT2D eigenvalue weighted by Gasteiger charge is 2.18. The van der Waals surface area contributed by atoms with Crippen LogP contribution in [0.25, 0.3) is 77.2 Å². The molecule has 9 rings (SSSR count). The van der Waals surface area contributed by atoms with E-state index in [4.69, 9.17) is 4.98 Å². The van der Waals surface area contributed by atoms with Crippen molar-refractivity contribution in [3.05, 3.63) is 162 Å². The van der Waals surface area contributed by atoms with Gasteiger partial charge in [0.2, 0.25) is 5.65 Å². The summed E-state index contributed by atoms with van der Waals surface area (Å²) in [5, 5.41) is 4.84. The first-order valence-electron chi connectivity index (χ1n) is 14.8. The van der Waals surface area contributed by atoms with Gasteiger partial charge in [0.15, 0.2) is 0 Å². The van der Waals surface area contributed by atoms with Crippen LogP contribution in [0.2, 0.25) is 0 Å². The van der Waals surface area contributed by atoms with Crippen LogP contribution in [0, 0.1) is 0 Å². The molecule has 0 fully saturated rings. The highest BCUT2D eigenvalue weighted by atomic mass is 16.1. The minimum absolute atomic E-state index is 0.143. The van der Waals surface area contributed by atoms with Crippen molar-refractivity contribution in [2.24, 2.45) is 0 Å². The predicted molar refractivity (Wildman–Crippen MR) is 182 cm³/mol. The summed E-state index contributed by atoms with van der Waals surface area (Å²) in [6, 6.07) is 52.3. The van der Waals surface area contributed by atoms with Crippen LogP contribution in [0.1, 0.15) is 0 Å². The first kappa shape index (κ1) is 24.6. The van der Waals surface area contributed by atoms with E-state index in [0.717, 1.165) is 33.3 Å². The third-order valence-electron chi connectivity index (χ3n) is 8.73. The van der Waals surface area contributed by atoms with E-state index in [0.29, 0.717) is 5.65 Å². The lowest BCUT2D eigenvalue weighted by Gasteiger charge is -2.18. The van der Waals surface area contributed by atoms with E-state index in [2.05, 4.69) is 103 Å². The van der Waals surface area contributed by atoms with Crippen molar-refractivity contribution in [1.82, 2.24) is 14.0 Å². The normalized spacial score (nSPS) is 11.7. The fourth-order valence-corrected chi connectivity index (χ4v) is 6.85. The monoisotopic (exact) mass is 563 g/mol. The molecule has 44 heavy (non-hydrogen) atoms. The van der Waals surface area contributed by atoms with Crippen molar-refractivity contribution in [1.29, 1.82) is 0 Å². The van der Waals surface area contributed by atoms with Gasteiger partial charge in [-0.25, -0.2) is 4.98 Å². The molecule has 0 radical (unpaired) electrons. The molecule has 0 atom stereocenters. The number of para-hydroxylation sites is 4. The predicted octanol–water partition coefficient (Wildman–Crippen LogP) is 9.43. The van der Waals surface area contributed by atoms with Crippen LogP contribution >= 0.6 is 0 Å². The van der Waals surface area contributed by atoms with Crippen LogP contribution in [0.15, 0.2) is 156 Å². The number of imidazole rings is 1. The van der Waals surface area contributed by atoms with Gasteiger partial charge in [0, 0.05) is 5.69 Å². The van der Waals surface area contributed by atoms with E-state index in [1.807, 2.05) is 52.9 Å². The Bertz CT molecular complexity index is 2560.